The molecule has 2 amide bonds. The van der Waals surface area contributed by atoms with Crippen molar-refractivity contribution < 1.29 is 14.3 Å². The van der Waals surface area contributed by atoms with Crippen molar-refractivity contribution in [3.8, 4) is 0 Å². The third-order valence-corrected chi connectivity index (χ3v) is 2.72. The van der Waals surface area contributed by atoms with Crippen molar-refractivity contribution in [2.75, 3.05) is 54.0 Å². The molecule has 6 heteroatoms. The Labute approximate surface area is 116 Å². The third-order valence-electron chi connectivity index (χ3n) is 2.72. The van der Waals surface area contributed by atoms with Gasteiger partial charge in [-0.2, -0.15) is 0 Å². The van der Waals surface area contributed by atoms with Crippen molar-refractivity contribution >= 4 is 11.8 Å². The van der Waals surface area contributed by atoms with Crippen molar-refractivity contribution in [3.63, 3.8) is 0 Å². The molecule has 0 saturated heterocycles. The summed E-state index contributed by atoms with van der Waals surface area (Å²) < 4.78 is 4.90. The van der Waals surface area contributed by atoms with Gasteiger partial charge in [-0.1, -0.05) is 0 Å². The van der Waals surface area contributed by atoms with E-state index in [0.717, 1.165) is 13.0 Å². The van der Waals surface area contributed by atoms with Gasteiger partial charge in [0.05, 0.1) is 0 Å². The van der Waals surface area contributed by atoms with Gasteiger partial charge in [0.2, 0.25) is 11.8 Å². The normalized spacial score (nSPS) is 10.6. The van der Waals surface area contributed by atoms with Crippen LogP contribution in [0.4, 0.5) is 0 Å². The van der Waals surface area contributed by atoms with E-state index in [1.54, 1.807) is 12.0 Å². The van der Waals surface area contributed by atoms with Gasteiger partial charge in [0.1, 0.15) is 0 Å². The molecule has 112 valence electrons. The van der Waals surface area contributed by atoms with E-state index < -0.39 is 0 Å². The van der Waals surface area contributed by atoms with Crippen LogP contribution in [0.2, 0.25) is 0 Å². The fraction of sp³-hybridized carbons (Fsp3) is 0.846. The molecule has 0 aromatic heterocycles. The number of ether oxygens (including phenoxy) is 1. The van der Waals surface area contributed by atoms with E-state index in [-0.39, 0.29) is 11.8 Å². The predicted molar refractivity (Wildman–Crippen MR) is 74.9 cm³/mol. The maximum Gasteiger partial charge on any atom is 0.221 e. The molecule has 19 heavy (non-hydrogen) atoms. The minimum atomic E-state index is -0.0211. The highest BCUT2D eigenvalue weighted by Gasteiger charge is 2.10. The third kappa shape index (κ3) is 10.5. The molecule has 0 bridgehead atoms. The summed E-state index contributed by atoms with van der Waals surface area (Å²) in [4.78, 5) is 26.7. The van der Waals surface area contributed by atoms with Crippen LogP contribution in [-0.4, -0.2) is 75.6 Å². The second-order valence-corrected chi connectivity index (χ2v) is 4.76. The molecule has 0 rings (SSSR count). The van der Waals surface area contributed by atoms with Crippen molar-refractivity contribution in [1.82, 2.24) is 15.1 Å². The summed E-state index contributed by atoms with van der Waals surface area (Å²) in [5, 5.41) is 2.81. The molecule has 0 radical (unpaired) electrons. The van der Waals surface area contributed by atoms with Crippen LogP contribution in [0.25, 0.3) is 0 Å². The zero-order chi connectivity index (χ0) is 14.7. The number of amides is 2. The Kier molecular flexibility index (Phi) is 10.1. The average molecular weight is 273 g/mol. The molecule has 0 spiro atoms. The number of methoxy groups -OCH3 is 1. The van der Waals surface area contributed by atoms with Crippen LogP contribution < -0.4 is 5.32 Å². The monoisotopic (exact) mass is 273 g/mol. The lowest BCUT2D eigenvalue weighted by Gasteiger charge is -2.22. The van der Waals surface area contributed by atoms with Gasteiger partial charge in [-0.15, -0.1) is 0 Å². The molecular weight excluding hydrogens is 246 g/mol. The van der Waals surface area contributed by atoms with Crippen LogP contribution in [0.15, 0.2) is 0 Å². The largest absolute Gasteiger partial charge is 0.385 e. The number of carbonyl (C=O) groups is 2. The standard InChI is InChI=1S/C13H27N3O3/c1-12(17)16(10-9-15(2)3)8-6-13(18)14-7-5-11-19-4/h5-11H2,1-4H3,(H,14,18). The molecule has 0 aromatic carbocycles. The van der Waals surface area contributed by atoms with E-state index in [1.807, 2.05) is 19.0 Å². The molecule has 0 saturated carbocycles. The lowest BCUT2D eigenvalue weighted by atomic mass is 10.3. The van der Waals surface area contributed by atoms with Crippen LogP contribution in [0.3, 0.4) is 0 Å². The Bertz CT molecular complexity index is 270. The Morgan fingerprint density at radius 3 is 2.37 bits per heavy atom. The minimum absolute atomic E-state index is 0.00836. The van der Waals surface area contributed by atoms with Crippen LogP contribution in [0, 0.1) is 0 Å². The molecule has 0 fully saturated rings. The van der Waals surface area contributed by atoms with Crippen molar-refractivity contribution in [1.29, 1.82) is 0 Å². The number of carbonyl (C=O) groups excluding carboxylic acids is 2. The maximum atomic E-state index is 11.6. The zero-order valence-electron chi connectivity index (χ0n) is 12.6. The summed E-state index contributed by atoms with van der Waals surface area (Å²) in [5.74, 6) is -0.0127. The molecule has 1 N–H and O–H groups in total. The summed E-state index contributed by atoms with van der Waals surface area (Å²) in [6, 6.07) is 0. The SMILES string of the molecule is COCCCNC(=O)CCN(CCN(C)C)C(C)=O. The fourth-order valence-electron chi connectivity index (χ4n) is 1.52. The molecule has 0 aliphatic rings. The predicted octanol–water partition coefficient (Wildman–Crippen LogP) is -0.0607. The highest BCUT2D eigenvalue weighted by atomic mass is 16.5. The fourth-order valence-corrected chi connectivity index (χ4v) is 1.52. The summed E-state index contributed by atoms with van der Waals surface area (Å²) in [6.07, 6.45) is 1.15. The van der Waals surface area contributed by atoms with Crippen molar-refractivity contribution in [2.45, 2.75) is 19.8 Å². The molecule has 0 atom stereocenters. The Morgan fingerprint density at radius 1 is 1.16 bits per heavy atom. The highest BCUT2D eigenvalue weighted by Crippen LogP contribution is 1.94. The van der Waals surface area contributed by atoms with Crippen LogP contribution in [0.5, 0.6) is 0 Å². The van der Waals surface area contributed by atoms with Crippen LogP contribution >= 0.6 is 0 Å². The van der Waals surface area contributed by atoms with Gasteiger partial charge >= 0.3 is 0 Å². The van der Waals surface area contributed by atoms with Crippen LogP contribution in [-0.2, 0) is 14.3 Å². The van der Waals surface area contributed by atoms with E-state index in [0.29, 0.717) is 32.7 Å². The van der Waals surface area contributed by atoms with E-state index in [9.17, 15) is 9.59 Å². The average Bonchev–Trinajstić information content (AvgIpc) is 2.33. The van der Waals surface area contributed by atoms with E-state index in [4.69, 9.17) is 4.74 Å². The number of nitrogens with zero attached hydrogens (tertiary/aromatic N) is 2. The summed E-state index contributed by atoms with van der Waals surface area (Å²) >= 11 is 0. The lowest BCUT2D eigenvalue weighted by molar-refractivity contribution is -0.129. The van der Waals surface area contributed by atoms with Crippen molar-refractivity contribution in [2.24, 2.45) is 0 Å². The first-order chi connectivity index (χ1) is 8.97. The summed E-state index contributed by atoms with van der Waals surface area (Å²) in [6.45, 7) is 4.72. The number of likely N-dealkylation sites (N-methyl/N-ethyl adjacent to an activating group) is 1. The molecule has 0 aliphatic heterocycles. The van der Waals surface area contributed by atoms with Gasteiger partial charge in [-0.3, -0.25) is 9.59 Å². The number of nitrogens with one attached hydrogen (secondary N) is 1. The first-order valence-electron chi connectivity index (χ1n) is 6.63. The van der Waals surface area contributed by atoms with Gasteiger partial charge in [-0.25, -0.2) is 0 Å². The molecular formula is C13H27N3O3. The Hall–Kier alpha value is -1.14. The smallest absolute Gasteiger partial charge is 0.221 e. The Morgan fingerprint density at radius 2 is 1.84 bits per heavy atom. The summed E-state index contributed by atoms with van der Waals surface area (Å²) in [5.41, 5.74) is 0. The highest BCUT2D eigenvalue weighted by molar-refractivity contribution is 5.77. The second-order valence-electron chi connectivity index (χ2n) is 4.76. The topological polar surface area (TPSA) is 61.9 Å². The van der Waals surface area contributed by atoms with Crippen LogP contribution in [0.1, 0.15) is 19.8 Å². The zero-order valence-corrected chi connectivity index (χ0v) is 12.6. The molecule has 6 nitrogen and oxygen atoms in total. The van der Waals surface area contributed by atoms with Gasteiger partial charge in [-0.05, 0) is 20.5 Å². The van der Waals surface area contributed by atoms with E-state index >= 15 is 0 Å². The van der Waals surface area contributed by atoms with Gasteiger partial charge < -0.3 is 19.9 Å². The van der Waals surface area contributed by atoms with Gasteiger partial charge in [0.15, 0.2) is 0 Å². The van der Waals surface area contributed by atoms with E-state index in [2.05, 4.69) is 5.32 Å². The van der Waals surface area contributed by atoms with Gasteiger partial charge in [0.25, 0.3) is 0 Å². The van der Waals surface area contributed by atoms with Gasteiger partial charge in [0, 0.05) is 53.2 Å². The number of hydrogen-bond acceptors (Lipinski definition) is 4. The van der Waals surface area contributed by atoms with E-state index in [1.165, 1.54) is 6.92 Å². The number of hydrogen-bond donors (Lipinski definition) is 1. The van der Waals surface area contributed by atoms with Crippen molar-refractivity contribution in [3.05, 3.63) is 0 Å². The lowest BCUT2D eigenvalue weighted by Crippen LogP contribution is -2.38. The molecule has 0 heterocycles. The number of rotatable bonds is 10. The quantitative estimate of drug-likeness (QED) is 0.566. The first-order valence-corrected chi connectivity index (χ1v) is 6.63. The minimum Gasteiger partial charge on any atom is -0.385 e. The molecule has 0 aliphatic carbocycles. The molecule has 0 aromatic rings. The molecule has 0 unspecified atom stereocenters. The summed E-state index contributed by atoms with van der Waals surface area (Å²) in [7, 11) is 5.55. The Balaban J connectivity index is 3.84. The first kappa shape index (κ1) is 17.9. The maximum absolute atomic E-state index is 11.6. The second kappa shape index (κ2) is 10.8.